The van der Waals surface area contributed by atoms with Crippen molar-refractivity contribution in [3.63, 3.8) is 0 Å². The summed E-state index contributed by atoms with van der Waals surface area (Å²) in [6.45, 7) is 0.0859. The number of carboxylic acids is 1. The van der Waals surface area contributed by atoms with Crippen molar-refractivity contribution in [2.24, 2.45) is 0 Å². The number of carbonyl (C=O) groups excluding carboxylic acids is 2. The van der Waals surface area contributed by atoms with Crippen LogP contribution in [0.1, 0.15) is 35.2 Å². The van der Waals surface area contributed by atoms with Crippen LogP contribution >= 0.6 is 0 Å². The van der Waals surface area contributed by atoms with Crippen molar-refractivity contribution in [1.82, 2.24) is 5.32 Å². The van der Waals surface area contributed by atoms with Crippen molar-refractivity contribution in [2.75, 3.05) is 18.0 Å². The van der Waals surface area contributed by atoms with Crippen LogP contribution < -0.4 is 10.2 Å². The van der Waals surface area contributed by atoms with Crippen LogP contribution in [0.3, 0.4) is 0 Å². The van der Waals surface area contributed by atoms with Crippen LogP contribution in [0.2, 0.25) is 0 Å². The summed E-state index contributed by atoms with van der Waals surface area (Å²) in [5.41, 5.74) is -1.30. The molecule has 130 valence electrons. The lowest BCUT2D eigenvalue weighted by atomic mass is 10.1. The van der Waals surface area contributed by atoms with Gasteiger partial charge in [-0.15, -0.1) is 0 Å². The third-order valence-corrected chi connectivity index (χ3v) is 3.52. The van der Waals surface area contributed by atoms with Gasteiger partial charge in [0.2, 0.25) is 5.91 Å². The van der Waals surface area contributed by atoms with E-state index >= 15 is 0 Å². The van der Waals surface area contributed by atoms with Gasteiger partial charge < -0.3 is 15.3 Å². The Balaban J connectivity index is 2.31. The molecule has 0 radical (unpaired) electrons. The van der Waals surface area contributed by atoms with E-state index in [1.165, 1.54) is 11.0 Å². The average Bonchev–Trinajstić information content (AvgIpc) is 2.91. The Morgan fingerprint density at radius 2 is 1.96 bits per heavy atom. The van der Waals surface area contributed by atoms with Crippen molar-refractivity contribution in [1.29, 1.82) is 0 Å². The van der Waals surface area contributed by atoms with E-state index in [-0.39, 0.29) is 36.5 Å². The van der Waals surface area contributed by atoms with Crippen LogP contribution in [-0.4, -0.2) is 36.0 Å². The summed E-state index contributed by atoms with van der Waals surface area (Å²) in [6.07, 6.45) is -4.23. The molecular formula is C15H15F3N2O4. The minimum Gasteiger partial charge on any atom is -0.481 e. The Morgan fingerprint density at radius 3 is 2.50 bits per heavy atom. The van der Waals surface area contributed by atoms with E-state index in [1.54, 1.807) is 0 Å². The number of nitrogens with one attached hydrogen (secondary N) is 1. The number of carbonyl (C=O) groups is 3. The number of carboxylic acid groups (broad SMARTS) is 1. The van der Waals surface area contributed by atoms with E-state index in [0.717, 1.165) is 6.07 Å². The molecule has 0 unspecified atom stereocenters. The van der Waals surface area contributed by atoms with Crippen LogP contribution in [-0.2, 0) is 15.8 Å². The molecule has 9 heteroatoms. The molecule has 0 spiro atoms. The fourth-order valence-electron chi connectivity index (χ4n) is 2.37. The summed E-state index contributed by atoms with van der Waals surface area (Å²) in [5.74, 6) is -2.26. The highest BCUT2D eigenvalue weighted by Gasteiger charge is 2.33. The van der Waals surface area contributed by atoms with Gasteiger partial charge in [0.25, 0.3) is 5.91 Å². The van der Waals surface area contributed by atoms with E-state index < -0.39 is 23.6 Å². The first-order valence-corrected chi connectivity index (χ1v) is 7.21. The highest BCUT2D eigenvalue weighted by Crippen LogP contribution is 2.34. The lowest BCUT2D eigenvalue weighted by Gasteiger charge is -2.19. The molecule has 2 amide bonds. The smallest absolute Gasteiger partial charge is 0.416 e. The molecule has 0 bridgehead atoms. The molecule has 24 heavy (non-hydrogen) atoms. The molecule has 0 atom stereocenters. The van der Waals surface area contributed by atoms with E-state index in [1.807, 2.05) is 0 Å². The number of amides is 2. The zero-order valence-electron chi connectivity index (χ0n) is 12.5. The van der Waals surface area contributed by atoms with Gasteiger partial charge in [-0.1, -0.05) is 0 Å². The molecule has 1 heterocycles. The Hall–Kier alpha value is -2.58. The van der Waals surface area contributed by atoms with Crippen LogP contribution in [0.5, 0.6) is 0 Å². The number of hydrogen-bond donors (Lipinski definition) is 2. The minimum absolute atomic E-state index is 0.00992. The second-order valence-electron chi connectivity index (χ2n) is 5.31. The SMILES string of the molecule is O=C(O)CCNC(=O)c1cc(N2CCCC2=O)cc(C(F)(F)F)c1. The topological polar surface area (TPSA) is 86.7 Å². The van der Waals surface area contributed by atoms with Gasteiger partial charge >= 0.3 is 12.1 Å². The molecule has 1 saturated heterocycles. The molecule has 2 N–H and O–H groups in total. The number of benzene rings is 1. The van der Waals surface area contributed by atoms with Gasteiger partial charge in [-0.2, -0.15) is 13.2 Å². The standard InChI is InChI=1S/C15H15F3N2O4/c16-15(17,18)10-6-9(14(24)19-4-3-13(22)23)7-11(8-10)20-5-1-2-12(20)21/h6-8H,1-5H2,(H,19,24)(H,22,23). The van der Waals surface area contributed by atoms with Gasteiger partial charge in [0.15, 0.2) is 0 Å². The second-order valence-corrected chi connectivity index (χ2v) is 5.31. The van der Waals surface area contributed by atoms with Crippen molar-refractivity contribution in [3.05, 3.63) is 29.3 Å². The highest BCUT2D eigenvalue weighted by molar-refractivity contribution is 5.99. The maximum atomic E-state index is 13.0. The first kappa shape index (κ1) is 17.8. The van der Waals surface area contributed by atoms with Crippen molar-refractivity contribution in [2.45, 2.75) is 25.4 Å². The van der Waals surface area contributed by atoms with Gasteiger partial charge in [-0.3, -0.25) is 14.4 Å². The molecule has 1 aromatic rings. The van der Waals surface area contributed by atoms with Gasteiger partial charge in [0, 0.05) is 30.8 Å². The van der Waals surface area contributed by atoms with E-state index in [2.05, 4.69) is 5.32 Å². The van der Waals surface area contributed by atoms with Crippen molar-refractivity contribution < 1.29 is 32.7 Å². The number of aliphatic carboxylic acids is 1. The zero-order chi connectivity index (χ0) is 17.9. The van der Waals surface area contributed by atoms with Gasteiger partial charge in [-0.05, 0) is 24.6 Å². The summed E-state index contributed by atoms with van der Waals surface area (Å²) in [6, 6.07) is 2.71. The van der Waals surface area contributed by atoms with Crippen LogP contribution in [0, 0.1) is 0 Å². The summed E-state index contributed by atoms with van der Waals surface area (Å²) in [7, 11) is 0. The first-order valence-electron chi connectivity index (χ1n) is 7.21. The predicted molar refractivity (Wildman–Crippen MR) is 77.6 cm³/mol. The van der Waals surface area contributed by atoms with Crippen LogP contribution in [0.25, 0.3) is 0 Å². The first-order chi connectivity index (χ1) is 11.2. The Labute approximate surface area is 135 Å². The maximum absolute atomic E-state index is 13.0. The molecule has 1 aliphatic heterocycles. The second kappa shape index (κ2) is 6.90. The third kappa shape index (κ3) is 4.24. The Kier molecular flexibility index (Phi) is 5.10. The number of rotatable bonds is 5. The number of hydrogen-bond acceptors (Lipinski definition) is 3. The molecule has 2 rings (SSSR count). The number of halogens is 3. The van der Waals surface area contributed by atoms with Crippen LogP contribution in [0.15, 0.2) is 18.2 Å². The molecule has 0 aromatic heterocycles. The molecule has 0 saturated carbocycles. The summed E-state index contributed by atoms with van der Waals surface area (Å²) >= 11 is 0. The number of anilines is 1. The summed E-state index contributed by atoms with van der Waals surface area (Å²) < 4.78 is 39.1. The lowest BCUT2D eigenvalue weighted by molar-refractivity contribution is -0.138. The Bertz CT molecular complexity index is 673. The van der Waals surface area contributed by atoms with E-state index in [0.29, 0.717) is 19.0 Å². The molecular weight excluding hydrogens is 329 g/mol. The average molecular weight is 344 g/mol. The van der Waals surface area contributed by atoms with Gasteiger partial charge in [0.1, 0.15) is 0 Å². The predicted octanol–water partition coefficient (Wildman–Crippen LogP) is 2.04. The van der Waals surface area contributed by atoms with Gasteiger partial charge in [-0.25, -0.2) is 0 Å². The minimum atomic E-state index is -4.67. The number of alkyl halides is 3. The van der Waals surface area contributed by atoms with E-state index in [4.69, 9.17) is 5.11 Å². The van der Waals surface area contributed by atoms with Crippen molar-refractivity contribution in [3.8, 4) is 0 Å². The molecule has 1 fully saturated rings. The summed E-state index contributed by atoms with van der Waals surface area (Å²) in [4.78, 5) is 35.4. The number of nitrogens with zero attached hydrogens (tertiary/aromatic N) is 1. The lowest BCUT2D eigenvalue weighted by Crippen LogP contribution is -2.28. The monoisotopic (exact) mass is 344 g/mol. The normalized spacial score (nSPS) is 14.8. The zero-order valence-corrected chi connectivity index (χ0v) is 12.5. The molecule has 6 nitrogen and oxygen atoms in total. The van der Waals surface area contributed by atoms with E-state index in [9.17, 15) is 27.6 Å². The molecule has 1 aliphatic rings. The molecule has 1 aromatic carbocycles. The quantitative estimate of drug-likeness (QED) is 0.856. The molecule has 0 aliphatic carbocycles. The Morgan fingerprint density at radius 1 is 1.25 bits per heavy atom. The fourth-order valence-corrected chi connectivity index (χ4v) is 2.37. The highest BCUT2D eigenvalue weighted by atomic mass is 19.4. The maximum Gasteiger partial charge on any atom is 0.416 e. The largest absolute Gasteiger partial charge is 0.481 e. The summed E-state index contributed by atoms with van der Waals surface area (Å²) in [5, 5.41) is 10.8. The third-order valence-electron chi connectivity index (χ3n) is 3.52. The van der Waals surface area contributed by atoms with Crippen LogP contribution in [0.4, 0.5) is 18.9 Å². The van der Waals surface area contributed by atoms with Gasteiger partial charge in [0.05, 0.1) is 12.0 Å². The van der Waals surface area contributed by atoms with Crippen molar-refractivity contribution >= 4 is 23.5 Å². The fraction of sp³-hybridized carbons (Fsp3) is 0.400.